The first-order valence-electron chi connectivity index (χ1n) is 7.23. The molecule has 1 atom stereocenters. The average Bonchev–Trinajstić information content (AvgIpc) is 3.06. The zero-order chi connectivity index (χ0) is 13.1. The maximum Gasteiger partial charge on any atom is 0.137 e. The molecule has 0 aromatic carbocycles. The van der Waals surface area contributed by atoms with E-state index in [1.165, 1.54) is 19.4 Å². The van der Waals surface area contributed by atoms with Crippen LogP contribution >= 0.6 is 0 Å². The third kappa shape index (κ3) is 2.96. The molecule has 0 aliphatic carbocycles. The maximum absolute atomic E-state index is 4.68. The summed E-state index contributed by atoms with van der Waals surface area (Å²) in [6.07, 6.45) is 6.82. The standard InChI is InChI=1S/C15H22N4/c1-2-18(10-13-6-5-8-16-13)11-14-12-19-9-4-3-7-15(19)17-14/h3-4,7,9,12-13,16H,2,5-6,8,10-11H2,1H3. The maximum atomic E-state index is 4.68. The van der Waals surface area contributed by atoms with Crippen LogP contribution in [0.25, 0.3) is 5.65 Å². The number of nitrogens with zero attached hydrogens (tertiary/aromatic N) is 3. The van der Waals surface area contributed by atoms with Gasteiger partial charge in [0.25, 0.3) is 0 Å². The summed E-state index contributed by atoms with van der Waals surface area (Å²) in [5.41, 5.74) is 2.19. The van der Waals surface area contributed by atoms with Crippen molar-refractivity contribution in [2.24, 2.45) is 0 Å². The molecule has 0 saturated carbocycles. The molecule has 0 spiro atoms. The topological polar surface area (TPSA) is 32.6 Å². The van der Waals surface area contributed by atoms with Gasteiger partial charge in [0.15, 0.2) is 0 Å². The van der Waals surface area contributed by atoms with E-state index in [9.17, 15) is 0 Å². The molecular weight excluding hydrogens is 236 g/mol. The number of nitrogens with one attached hydrogen (secondary N) is 1. The summed E-state index contributed by atoms with van der Waals surface area (Å²) >= 11 is 0. The van der Waals surface area contributed by atoms with Crippen LogP contribution in [0.4, 0.5) is 0 Å². The van der Waals surface area contributed by atoms with Crippen LogP contribution < -0.4 is 5.32 Å². The van der Waals surface area contributed by atoms with Gasteiger partial charge in [0.1, 0.15) is 5.65 Å². The Morgan fingerprint density at radius 3 is 3.16 bits per heavy atom. The molecule has 0 amide bonds. The molecule has 3 heterocycles. The SMILES string of the molecule is CCN(Cc1cn2ccccc2n1)CC1CCCN1. The number of rotatable bonds is 5. The number of likely N-dealkylation sites (N-methyl/N-ethyl adjacent to an activating group) is 1. The van der Waals surface area contributed by atoms with E-state index in [1.807, 2.05) is 12.1 Å². The number of hydrogen-bond donors (Lipinski definition) is 1. The summed E-state index contributed by atoms with van der Waals surface area (Å²) in [5.74, 6) is 0. The minimum Gasteiger partial charge on any atom is -0.313 e. The van der Waals surface area contributed by atoms with E-state index in [2.05, 4.69) is 45.0 Å². The lowest BCUT2D eigenvalue weighted by molar-refractivity contribution is 0.251. The molecule has 0 bridgehead atoms. The highest BCUT2D eigenvalue weighted by molar-refractivity contribution is 5.39. The number of imidazole rings is 1. The Kier molecular flexibility index (Phi) is 3.80. The third-order valence-electron chi connectivity index (χ3n) is 3.89. The molecule has 0 radical (unpaired) electrons. The highest BCUT2D eigenvalue weighted by atomic mass is 15.2. The van der Waals surface area contributed by atoms with Gasteiger partial charge in [-0.15, -0.1) is 0 Å². The van der Waals surface area contributed by atoms with Crippen LogP contribution in [0.1, 0.15) is 25.5 Å². The van der Waals surface area contributed by atoms with E-state index in [1.54, 1.807) is 0 Å². The summed E-state index contributed by atoms with van der Waals surface area (Å²) in [6, 6.07) is 6.79. The fraction of sp³-hybridized carbons (Fsp3) is 0.533. The van der Waals surface area contributed by atoms with Crippen molar-refractivity contribution >= 4 is 5.65 Å². The lowest BCUT2D eigenvalue weighted by Crippen LogP contribution is -2.37. The van der Waals surface area contributed by atoms with Crippen molar-refractivity contribution < 1.29 is 0 Å². The van der Waals surface area contributed by atoms with Crippen molar-refractivity contribution in [3.63, 3.8) is 0 Å². The fourth-order valence-electron chi connectivity index (χ4n) is 2.82. The van der Waals surface area contributed by atoms with Gasteiger partial charge in [0, 0.05) is 31.5 Å². The van der Waals surface area contributed by atoms with Crippen LogP contribution in [0.15, 0.2) is 30.6 Å². The Balaban J connectivity index is 1.67. The van der Waals surface area contributed by atoms with Crippen LogP contribution in [0.2, 0.25) is 0 Å². The monoisotopic (exact) mass is 258 g/mol. The van der Waals surface area contributed by atoms with Crippen molar-refractivity contribution in [1.82, 2.24) is 19.6 Å². The van der Waals surface area contributed by atoms with Gasteiger partial charge in [-0.1, -0.05) is 13.0 Å². The van der Waals surface area contributed by atoms with Gasteiger partial charge in [-0.2, -0.15) is 0 Å². The minimum absolute atomic E-state index is 0.664. The molecular formula is C15H22N4. The van der Waals surface area contributed by atoms with E-state index in [4.69, 9.17) is 0 Å². The Labute approximate surface area is 114 Å². The van der Waals surface area contributed by atoms with Crippen LogP contribution in [-0.2, 0) is 6.54 Å². The molecule has 1 N–H and O–H groups in total. The van der Waals surface area contributed by atoms with Gasteiger partial charge in [-0.05, 0) is 38.1 Å². The molecule has 4 nitrogen and oxygen atoms in total. The first-order valence-corrected chi connectivity index (χ1v) is 7.23. The normalized spacial score (nSPS) is 19.6. The molecule has 102 valence electrons. The van der Waals surface area contributed by atoms with Gasteiger partial charge >= 0.3 is 0 Å². The van der Waals surface area contributed by atoms with E-state index in [0.29, 0.717) is 6.04 Å². The largest absolute Gasteiger partial charge is 0.313 e. The summed E-state index contributed by atoms with van der Waals surface area (Å²) < 4.78 is 2.09. The molecule has 1 aliphatic rings. The van der Waals surface area contributed by atoms with Crippen LogP contribution in [0.5, 0.6) is 0 Å². The van der Waals surface area contributed by atoms with Gasteiger partial charge in [-0.3, -0.25) is 4.90 Å². The Morgan fingerprint density at radius 2 is 2.42 bits per heavy atom. The predicted molar refractivity (Wildman–Crippen MR) is 77.2 cm³/mol. The van der Waals surface area contributed by atoms with Crippen LogP contribution in [-0.4, -0.2) is 40.0 Å². The molecule has 2 aromatic rings. The number of aromatic nitrogens is 2. The van der Waals surface area contributed by atoms with E-state index in [0.717, 1.165) is 31.0 Å². The first kappa shape index (κ1) is 12.6. The van der Waals surface area contributed by atoms with Gasteiger partial charge in [-0.25, -0.2) is 4.98 Å². The highest BCUT2D eigenvalue weighted by Crippen LogP contribution is 2.11. The molecule has 1 fully saturated rings. The fourth-order valence-corrected chi connectivity index (χ4v) is 2.82. The lowest BCUT2D eigenvalue weighted by Gasteiger charge is -2.23. The van der Waals surface area contributed by atoms with E-state index >= 15 is 0 Å². The highest BCUT2D eigenvalue weighted by Gasteiger charge is 2.17. The Hall–Kier alpha value is -1.39. The molecule has 1 unspecified atom stereocenters. The van der Waals surface area contributed by atoms with Gasteiger partial charge < -0.3 is 9.72 Å². The van der Waals surface area contributed by atoms with Crippen molar-refractivity contribution in [1.29, 1.82) is 0 Å². The van der Waals surface area contributed by atoms with Gasteiger partial charge in [0.05, 0.1) is 5.69 Å². The zero-order valence-electron chi connectivity index (χ0n) is 11.5. The summed E-state index contributed by atoms with van der Waals surface area (Å²) in [4.78, 5) is 7.15. The molecule has 1 aliphatic heterocycles. The summed E-state index contributed by atoms with van der Waals surface area (Å²) in [6.45, 7) is 6.55. The first-order chi connectivity index (χ1) is 9.35. The smallest absolute Gasteiger partial charge is 0.137 e. The Morgan fingerprint density at radius 1 is 1.47 bits per heavy atom. The molecule has 3 rings (SSSR count). The molecule has 4 heteroatoms. The quantitative estimate of drug-likeness (QED) is 0.889. The van der Waals surface area contributed by atoms with E-state index in [-0.39, 0.29) is 0 Å². The average molecular weight is 258 g/mol. The predicted octanol–water partition coefficient (Wildman–Crippen LogP) is 1.91. The molecule has 1 saturated heterocycles. The van der Waals surface area contributed by atoms with Crippen LogP contribution in [0, 0.1) is 0 Å². The lowest BCUT2D eigenvalue weighted by atomic mass is 10.2. The van der Waals surface area contributed by atoms with Crippen molar-refractivity contribution in [2.75, 3.05) is 19.6 Å². The number of hydrogen-bond acceptors (Lipinski definition) is 3. The van der Waals surface area contributed by atoms with Crippen molar-refractivity contribution in [3.8, 4) is 0 Å². The second kappa shape index (κ2) is 5.72. The Bertz CT molecular complexity index is 495. The summed E-state index contributed by atoms with van der Waals surface area (Å²) in [7, 11) is 0. The number of fused-ring (bicyclic) bond motifs is 1. The zero-order valence-corrected chi connectivity index (χ0v) is 11.5. The molecule has 19 heavy (non-hydrogen) atoms. The third-order valence-corrected chi connectivity index (χ3v) is 3.89. The number of pyridine rings is 1. The van der Waals surface area contributed by atoms with Crippen molar-refractivity contribution in [3.05, 3.63) is 36.3 Å². The van der Waals surface area contributed by atoms with E-state index < -0.39 is 0 Å². The molecule has 2 aromatic heterocycles. The second-order valence-corrected chi connectivity index (χ2v) is 5.32. The van der Waals surface area contributed by atoms with Gasteiger partial charge in [0.2, 0.25) is 0 Å². The second-order valence-electron chi connectivity index (χ2n) is 5.32. The minimum atomic E-state index is 0.664. The van der Waals surface area contributed by atoms with Crippen LogP contribution in [0.3, 0.4) is 0 Å². The van der Waals surface area contributed by atoms with Crippen molar-refractivity contribution in [2.45, 2.75) is 32.4 Å². The summed E-state index contributed by atoms with van der Waals surface area (Å²) in [5, 5.41) is 3.57.